The topological polar surface area (TPSA) is 66.5 Å². The fourth-order valence-corrected chi connectivity index (χ4v) is 3.81. The van der Waals surface area contributed by atoms with Crippen LogP contribution in [0.1, 0.15) is 18.9 Å². The first-order chi connectivity index (χ1) is 11.0. The Kier molecular flexibility index (Phi) is 4.37. The van der Waals surface area contributed by atoms with Gasteiger partial charge in [-0.1, -0.05) is 42.5 Å². The van der Waals surface area contributed by atoms with E-state index >= 15 is 0 Å². The average molecular weight is 332 g/mol. The summed E-state index contributed by atoms with van der Waals surface area (Å²) in [5, 5.41) is 2.26. The van der Waals surface area contributed by atoms with Gasteiger partial charge in [-0.15, -0.1) is 0 Å². The number of nitrogens with zero attached hydrogens (tertiary/aromatic N) is 1. The molecule has 1 aliphatic rings. The first-order valence-corrected chi connectivity index (χ1v) is 9.38. The van der Waals surface area contributed by atoms with Gasteiger partial charge in [-0.05, 0) is 23.3 Å². The molecule has 0 unspecified atom stereocenters. The van der Waals surface area contributed by atoms with Crippen molar-refractivity contribution < 1.29 is 13.2 Å². The lowest BCUT2D eigenvalue weighted by Gasteiger charge is -2.18. The lowest BCUT2D eigenvalue weighted by Crippen LogP contribution is -2.37. The molecule has 3 rings (SSSR count). The van der Waals surface area contributed by atoms with Crippen molar-refractivity contribution in [2.75, 3.05) is 12.3 Å². The summed E-state index contributed by atoms with van der Waals surface area (Å²) in [6.07, 6.45) is 0.226. The van der Waals surface area contributed by atoms with Gasteiger partial charge in [0.15, 0.2) is 0 Å². The van der Waals surface area contributed by atoms with Crippen LogP contribution < -0.4 is 4.72 Å². The van der Waals surface area contributed by atoms with Gasteiger partial charge < -0.3 is 4.90 Å². The quantitative estimate of drug-likeness (QED) is 0.909. The van der Waals surface area contributed by atoms with Crippen molar-refractivity contribution in [1.29, 1.82) is 0 Å². The molecule has 1 aliphatic heterocycles. The van der Waals surface area contributed by atoms with Crippen molar-refractivity contribution in [2.24, 2.45) is 0 Å². The van der Waals surface area contributed by atoms with E-state index in [9.17, 15) is 13.2 Å². The van der Waals surface area contributed by atoms with Crippen molar-refractivity contribution in [3.8, 4) is 0 Å². The van der Waals surface area contributed by atoms with Gasteiger partial charge in [-0.25, -0.2) is 13.1 Å². The van der Waals surface area contributed by atoms with Gasteiger partial charge in [0, 0.05) is 25.6 Å². The maximum Gasteiger partial charge on any atom is 0.224 e. The highest BCUT2D eigenvalue weighted by Crippen LogP contribution is 2.22. The lowest BCUT2D eigenvalue weighted by atomic mass is 10.0. The molecule has 0 saturated carbocycles. The largest absolute Gasteiger partial charge is 0.337 e. The summed E-state index contributed by atoms with van der Waals surface area (Å²) < 4.78 is 25.9. The minimum atomic E-state index is -3.29. The van der Waals surface area contributed by atoms with Crippen molar-refractivity contribution in [2.45, 2.75) is 25.9 Å². The van der Waals surface area contributed by atoms with E-state index in [1.807, 2.05) is 42.5 Å². The summed E-state index contributed by atoms with van der Waals surface area (Å²) in [7, 11) is -3.29. The number of hydrogen-bond donors (Lipinski definition) is 1. The smallest absolute Gasteiger partial charge is 0.224 e. The van der Waals surface area contributed by atoms with Crippen molar-refractivity contribution >= 4 is 26.7 Å². The van der Waals surface area contributed by atoms with Crippen molar-refractivity contribution in [3.05, 3.63) is 48.0 Å². The van der Waals surface area contributed by atoms with Gasteiger partial charge in [0.1, 0.15) is 0 Å². The van der Waals surface area contributed by atoms with Crippen LogP contribution in [0.3, 0.4) is 0 Å². The van der Waals surface area contributed by atoms with E-state index in [0.29, 0.717) is 13.1 Å². The van der Waals surface area contributed by atoms with Crippen LogP contribution in [0, 0.1) is 0 Å². The number of amides is 1. The predicted molar refractivity (Wildman–Crippen MR) is 90.4 cm³/mol. The number of benzene rings is 2. The Morgan fingerprint density at radius 1 is 1.17 bits per heavy atom. The Labute approximate surface area is 136 Å². The van der Waals surface area contributed by atoms with Gasteiger partial charge >= 0.3 is 0 Å². The summed E-state index contributed by atoms with van der Waals surface area (Å²) in [5.74, 6) is 0.0165. The monoisotopic (exact) mass is 332 g/mol. The summed E-state index contributed by atoms with van der Waals surface area (Å²) >= 11 is 0. The highest BCUT2D eigenvalue weighted by Gasteiger charge is 2.31. The van der Waals surface area contributed by atoms with Crippen LogP contribution in [0.25, 0.3) is 10.8 Å². The number of carbonyl (C=O) groups is 1. The SMILES string of the molecule is CCS(=O)(=O)N[C@H]1CC(=O)N(Cc2cccc3ccccc23)C1. The Morgan fingerprint density at radius 3 is 2.70 bits per heavy atom. The van der Waals surface area contributed by atoms with Gasteiger partial charge in [0.2, 0.25) is 15.9 Å². The maximum absolute atomic E-state index is 12.2. The maximum atomic E-state index is 12.2. The Bertz CT molecular complexity index is 827. The van der Waals surface area contributed by atoms with Crippen LogP contribution in [-0.4, -0.2) is 37.6 Å². The van der Waals surface area contributed by atoms with E-state index in [2.05, 4.69) is 4.72 Å². The third-order valence-electron chi connectivity index (χ3n) is 4.18. The number of sulfonamides is 1. The molecule has 1 fully saturated rings. The predicted octanol–water partition coefficient (Wildman–Crippen LogP) is 1.88. The highest BCUT2D eigenvalue weighted by atomic mass is 32.2. The van der Waals surface area contributed by atoms with Crippen LogP contribution in [0.15, 0.2) is 42.5 Å². The molecule has 2 aromatic carbocycles. The molecule has 23 heavy (non-hydrogen) atoms. The molecule has 1 amide bonds. The molecular weight excluding hydrogens is 312 g/mol. The molecule has 1 atom stereocenters. The number of hydrogen-bond acceptors (Lipinski definition) is 3. The molecule has 2 aromatic rings. The zero-order chi connectivity index (χ0) is 16.4. The van der Waals surface area contributed by atoms with Gasteiger partial charge in [0.25, 0.3) is 0 Å². The number of likely N-dealkylation sites (tertiary alicyclic amines) is 1. The summed E-state index contributed by atoms with van der Waals surface area (Å²) in [6, 6.07) is 13.8. The molecule has 122 valence electrons. The normalized spacial score (nSPS) is 18.7. The van der Waals surface area contributed by atoms with Gasteiger partial charge in [0.05, 0.1) is 5.75 Å². The second-order valence-corrected chi connectivity index (χ2v) is 7.88. The summed E-state index contributed by atoms with van der Waals surface area (Å²) in [6.45, 7) is 2.51. The third-order valence-corrected chi connectivity index (χ3v) is 5.63. The molecular formula is C17H20N2O3S. The van der Waals surface area contributed by atoms with Crippen LogP contribution in [-0.2, 0) is 21.4 Å². The first kappa shape index (κ1) is 16.0. The van der Waals surface area contributed by atoms with E-state index in [-0.39, 0.29) is 24.1 Å². The molecule has 0 radical (unpaired) electrons. The minimum absolute atomic E-state index is 0.0123. The van der Waals surface area contributed by atoms with E-state index in [0.717, 1.165) is 16.3 Å². The average Bonchev–Trinajstić information content (AvgIpc) is 2.86. The Morgan fingerprint density at radius 2 is 1.91 bits per heavy atom. The highest BCUT2D eigenvalue weighted by molar-refractivity contribution is 7.89. The number of nitrogens with one attached hydrogen (secondary N) is 1. The zero-order valence-electron chi connectivity index (χ0n) is 13.0. The van der Waals surface area contributed by atoms with Crippen molar-refractivity contribution in [1.82, 2.24) is 9.62 Å². The minimum Gasteiger partial charge on any atom is -0.337 e. The summed E-state index contributed by atoms with van der Waals surface area (Å²) in [4.78, 5) is 13.9. The third kappa shape index (κ3) is 3.54. The second kappa shape index (κ2) is 6.29. The summed E-state index contributed by atoms with van der Waals surface area (Å²) in [5.41, 5.74) is 1.08. The van der Waals surface area contributed by atoms with Crippen LogP contribution >= 0.6 is 0 Å². The molecule has 5 nitrogen and oxygen atoms in total. The van der Waals surface area contributed by atoms with E-state index in [1.54, 1.807) is 11.8 Å². The number of rotatable bonds is 5. The van der Waals surface area contributed by atoms with Crippen LogP contribution in [0.4, 0.5) is 0 Å². The van der Waals surface area contributed by atoms with E-state index in [1.165, 1.54) is 0 Å². The van der Waals surface area contributed by atoms with Crippen LogP contribution in [0.5, 0.6) is 0 Å². The number of carbonyl (C=O) groups excluding carboxylic acids is 1. The second-order valence-electron chi connectivity index (χ2n) is 5.83. The van der Waals surface area contributed by atoms with Gasteiger partial charge in [-0.3, -0.25) is 4.79 Å². The first-order valence-electron chi connectivity index (χ1n) is 7.73. The zero-order valence-corrected chi connectivity index (χ0v) is 13.8. The molecule has 6 heteroatoms. The fraction of sp³-hybridized carbons (Fsp3) is 0.353. The van der Waals surface area contributed by atoms with Gasteiger partial charge in [-0.2, -0.15) is 0 Å². The Hall–Kier alpha value is -1.92. The molecule has 1 saturated heterocycles. The van der Waals surface area contributed by atoms with E-state index < -0.39 is 10.0 Å². The van der Waals surface area contributed by atoms with Crippen molar-refractivity contribution in [3.63, 3.8) is 0 Å². The molecule has 0 aromatic heterocycles. The Balaban J connectivity index is 1.76. The molecule has 0 aliphatic carbocycles. The standard InChI is InChI=1S/C17H20N2O3S/c1-2-23(21,22)18-15-10-17(20)19(12-15)11-14-8-5-7-13-6-3-4-9-16(13)14/h3-9,15,18H,2,10-12H2,1H3/t15-/m0/s1. The molecule has 1 heterocycles. The molecule has 0 bridgehead atoms. The lowest BCUT2D eigenvalue weighted by molar-refractivity contribution is -0.128. The molecule has 0 spiro atoms. The fourth-order valence-electron chi connectivity index (χ4n) is 2.98. The molecule has 1 N–H and O–H groups in total. The van der Waals surface area contributed by atoms with Crippen LogP contribution in [0.2, 0.25) is 0 Å². The number of fused-ring (bicyclic) bond motifs is 1. The van der Waals surface area contributed by atoms with E-state index in [4.69, 9.17) is 0 Å².